The van der Waals surface area contributed by atoms with Gasteiger partial charge in [0.25, 0.3) is 0 Å². The molecule has 76 valence electrons. The van der Waals surface area contributed by atoms with Crippen molar-refractivity contribution in [2.75, 3.05) is 18.3 Å². The maximum Gasteiger partial charge on any atom is 0.316 e. The highest BCUT2D eigenvalue weighted by atomic mass is 32.2. The van der Waals surface area contributed by atoms with Crippen molar-refractivity contribution in [3.05, 3.63) is 12.4 Å². The van der Waals surface area contributed by atoms with Gasteiger partial charge in [-0.05, 0) is 0 Å². The number of hydrogen-bond donors (Lipinski definition) is 2. The van der Waals surface area contributed by atoms with Gasteiger partial charge in [0.1, 0.15) is 5.03 Å². The van der Waals surface area contributed by atoms with E-state index in [0.717, 1.165) is 0 Å². The number of anilines is 1. The summed E-state index contributed by atoms with van der Waals surface area (Å²) in [7, 11) is 1.34. The average molecular weight is 214 g/mol. The highest BCUT2D eigenvalue weighted by molar-refractivity contribution is 7.99. The fourth-order valence-electron chi connectivity index (χ4n) is 0.679. The molecule has 0 atom stereocenters. The number of thioether (sulfide) groups is 1. The quantitative estimate of drug-likeness (QED) is 0.316. The first-order chi connectivity index (χ1) is 6.76. The Hall–Kier alpha value is -1.34. The van der Waals surface area contributed by atoms with E-state index in [4.69, 9.17) is 5.84 Å². The van der Waals surface area contributed by atoms with E-state index in [-0.39, 0.29) is 11.7 Å². The Labute approximate surface area is 85.2 Å². The van der Waals surface area contributed by atoms with E-state index >= 15 is 0 Å². The molecular formula is C7H10N4O2S. The standard InChI is InChI=1S/C7H10N4O2S/c1-13-7(12)4-14-6-3-9-2-5(10-6)11-8/h2-3H,4,8H2,1H3,(H,10,11). The first-order valence-corrected chi connectivity index (χ1v) is 4.73. The van der Waals surface area contributed by atoms with E-state index in [1.165, 1.54) is 25.1 Å². The number of carbonyl (C=O) groups excluding carboxylic acids is 1. The van der Waals surface area contributed by atoms with Gasteiger partial charge in [-0.2, -0.15) is 0 Å². The summed E-state index contributed by atoms with van der Waals surface area (Å²) >= 11 is 1.24. The van der Waals surface area contributed by atoms with Crippen molar-refractivity contribution in [1.29, 1.82) is 0 Å². The second kappa shape index (κ2) is 5.40. The largest absolute Gasteiger partial charge is 0.468 e. The maximum atomic E-state index is 10.8. The molecule has 0 radical (unpaired) electrons. The number of methoxy groups -OCH3 is 1. The number of nitrogens with zero attached hydrogens (tertiary/aromatic N) is 2. The van der Waals surface area contributed by atoms with Gasteiger partial charge in [0.2, 0.25) is 0 Å². The molecule has 0 aliphatic rings. The van der Waals surface area contributed by atoms with Gasteiger partial charge in [0.05, 0.1) is 25.3 Å². The molecule has 1 rings (SSSR count). The molecule has 0 bridgehead atoms. The van der Waals surface area contributed by atoms with E-state index < -0.39 is 0 Å². The third-order valence-corrected chi connectivity index (χ3v) is 2.20. The van der Waals surface area contributed by atoms with E-state index in [1.807, 2.05) is 0 Å². The zero-order valence-corrected chi connectivity index (χ0v) is 8.37. The van der Waals surface area contributed by atoms with Crippen LogP contribution in [0.4, 0.5) is 5.82 Å². The zero-order valence-electron chi connectivity index (χ0n) is 7.56. The third-order valence-electron chi connectivity index (χ3n) is 1.33. The van der Waals surface area contributed by atoms with Crippen LogP contribution in [0.15, 0.2) is 17.4 Å². The number of aromatic nitrogens is 2. The molecule has 0 spiro atoms. The van der Waals surface area contributed by atoms with E-state index in [2.05, 4.69) is 20.1 Å². The number of carbonyl (C=O) groups is 1. The average Bonchev–Trinajstić information content (AvgIpc) is 2.26. The zero-order chi connectivity index (χ0) is 10.4. The molecule has 0 aromatic carbocycles. The predicted octanol–water partition coefficient (Wildman–Crippen LogP) is 0.0273. The SMILES string of the molecule is COC(=O)CSc1cncc(NN)n1. The van der Waals surface area contributed by atoms with Crippen LogP contribution in [-0.2, 0) is 9.53 Å². The molecule has 1 aromatic heterocycles. The minimum absolute atomic E-state index is 0.208. The molecule has 0 saturated heterocycles. The van der Waals surface area contributed by atoms with Crippen molar-refractivity contribution in [2.45, 2.75) is 5.03 Å². The number of hydrogen-bond acceptors (Lipinski definition) is 7. The Morgan fingerprint density at radius 1 is 1.71 bits per heavy atom. The first-order valence-electron chi connectivity index (χ1n) is 3.74. The number of hydrazine groups is 1. The van der Waals surface area contributed by atoms with E-state index in [1.54, 1.807) is 6.20 Å². The van der Waals surface area contributed by atoms with Crippen LogP contribution >= 0.6 is 11.8 Å². The molecule has 0 amide bonds. The normalized spacial score (nSPS) is 9.57. The molecule has 0 unspecified atom stereocenters. The second-order valence-corrected chi connectivity index (χ2v) is 3.25. The van der Waals surface area contributed by atoms with Crippen molar-refractivity contribution in [2.24, 2.45) is 5.84 Å². The summed E-state index contributed by atoms with van der Waals surface area (Å²) in [6, 6.07) is 0. The number of rotatable bonds is 4. The van der Waals surface area contributed by atoms with Gasteiger partial charge in [0.15, 0.2) is 5.82 Å². The number of ether oxygens (including phenoxy) is 1. The fourth-order valence-corrected chi connectivity index (χ4v) is 1.36. The van der Waals surface area contributed by atoms with Gasteiger partial charge in [-0.15, -0.1) is 0 Å². The van der Waals surface area contributed by atoms with Gasteiger partial charge >= 0.3 is 5.97 Å². The smallest absolute Gasteiger partial charge is 0.316 e. The molecular weight excluding hydrogens is 204 g/mol. The van der Waals surface area contributed by atoms with Gasteiger partial charge in [-0.3, -0.25) is 9.78 Å². The summed E-state index contributed by atoms with van der Waals surface area (Å²) in [5.41, 5.74) is 2.37. The Morgan fingerprint density at radius 2 is 2.50 bits per heavy atom. The highest BCUT2D eigenvalue weighted by Crippen LogP contribution is 2.15. The molecule has 0 saturated carbocycles. The summed E-state index contributed by atoms with van der Waals surface area (Å²) in [6.45, 7) is 0. The van der Waals surface area contributed by atoms with Crippen molar-refractivity contribution in [3.63, 3.8) is 0 Å². The van der Waals surface area contributed by atoms with Crippen LogP contribution in [0, 0.1) is 0 Å². The summed E-state index contributed by atoms with van der Waals surface area (Å²) in [5.74, 6) is 5.51. The molecule has 14 heavy (non-hydrogen) atoms. The Morgan fingerprint density at radius 3 is 3.14 bits per heavy atom. The van der Waals surface area contributed by atoms with Gasteiger partial charge in [0, 0.05) is 0 Å². The summed E-state index contributed by atoms with van der Waals surface area (Å²) in [6.07, 6.45) is 3.04. The minimum atomic E-state index is -0.303. The minimum Gasteiger partial charge on any atom is -0.468 e. The van der Waals surface area contributed by atoms with Gasteiger partial charge in [-0.25, -0.2) is 10.8 Å². The lowest BCUT2D eigenvalue weighted by molar-refractivity contribution is -0.137. The van der Waals surface area contributed by atoms with Crippen molar-refractivity contribution >= 4 is 23.5 Å². The number of nitrogens with two attached hydrogens (primary N) is 1. The lowest BCUT2D eigenvalue weighted by Crippen LogP contribution is -2.09. The lowest BCUT2D eigenvalue weighted by atomic mass is 10.7. The number of nitrogens with one attached hydrogen (secondary N) is 1. The molecule has 0 aliphatic heterocycles. The Balaban J connectivity index is 2.54. The third kappa shape index (κ3) is 3.19. The van der Waals surface area contributed by atoms with Crippen LogP contribution in [0.5, 0.6) is 0 Å². The molecule has 0 fully saturated rings. The summed E-state index contributed by atoms with van der Waals surface area (Å²) < 4.78 is 4.48. The van der Waals surface area contributed by atoms with Gasteiger partial charge in [-0.1, -0.05) is 11.8 Å². The molecule has 1 heterocycles. The molecule has 6 nitrogen and oxygen atoms in total. The van der Waals surface area contributed by atoms with Crippen LogP contribution in [0.3, 0.4) is 0 Å². The molecule has 7 heteroatoms. The summed E-state index contributed by atoms with van der Waals surface area (Å²) in [5, 5.41) is 0.617. The number of esters is 1. The second-order valence-electron chi connectivity index (χ2n) is 2.25. The van der Waals surface area contributed by atoms with Crippen molar-refractivity contribution in [3.8, 4) is 0 Å². The number of nitrogen functional groups attached to an aromatic ring is 1. The van der Waals surface area contributed by atoms with E-state index in [9.17, 15) is 4.79 Å². The van der Waals surface area contributed by atoms with Crippen LogP contribution in [-0.4, -0.2) is 28.8 Å². The van der Waals surface area contributed by atoms with Gasteiger partial charge < -0.3 is 10.2 Å². The molecule has 1 aromatic rings. The molecule has 3 N–H and O–H groups in total. The predicted molar refractivity (Wildman–Crippen MR) is 52.6 cm³/mol. The molecule has 0 aliphatic carbocycles. The lowest BCUT2D eigenvalue weighted by Gasteiger charge is -2.01. The topological polar surface area (TPSA) is 90.1 Å². The maximum absolute atomic E-state index is 10.8. The van der Waals surface area contributed by atoms with Crippen molar-refractivity contribution in [1.82, 2.24) is 9.97 Å². The van der Waals surface area contributed by atoms with Crippen molar-refractivity contribution < 1.29 is 9.53 Å². The highest BCUT2D eigenvalue weighted by Gasteiger charge is 2.03. The Bertz CT molecular complexity index is 320. The van der Waals surface area contributed by atoms with Crippen LogP contribution in [0.2, 0.25) is 0 Å². The monoisotopic (exact) mass is 214 g/mol. The van der Waals surface area contributed by atoms with Crippen LogP contribution in [0.1, 0.15) is 0 Å². The first kappa shape index (κ1) is 10.7. The Kier molecular flexibility index (Phi) is 4.14. The van der Waals surface area contributed by atoms with Crippen LogP contribution in [0.25, 0.3) is 0 Å². The summed E-state index contributed by atoms with van der Waals surface area (Å²) in [4.78, 5) is 18.7. The fraction of sp³-hybridized carbons (Fsp3) is 0.286. The van der Waals surface area contributed by atoms with E-state index in [0.29, 0.717) is 10.8 Å². The van der Waals surface area contributed by atoms with Crippen LogP contribution < -0.4 is 11.3 Å².